The molecule has 2 N–H and O–H groups in total. The Hall–Kier alpha value is -3.44. The number of anilines is 1. The summed E-state index contributed by atoms with van der Waals surface area (Å²) in [5, 5.41) is 6.57. The first-order valence-corrected chi connectivity index (χ1v) is 11.4. The van der Waals surface area contributed by atoms with Crippen molar-refractivity contribution in [1.29, 1.82) is 0 Å². The number of carbonyl (C=O) groups excluding carboxylic acids is 1. The fourth-order valence-electron chi connectivity index (χ4n) is 4.52. The number of carbonyl (C=O) groups is 1. The summed E-state index contributed by atoms with van der Waals surface area (Å²) in [6.07, 6.45) is 4.21. The van der Waals surface area contributed by atoms with Crippen LogP contribution in [0.2, 0.25) is 0 Å². The highest BCUT2D eigenvalue weighted by atomic mass is 16.1. The van der Waals surface area contributed by atoms with Crippen molar-refractivity contribution in [1.82, 2.24) is 14.9 Å². The lowest BCUT2D eigenvalue weighted by atomic mass is 10.1. The summed E-state index contributed by atoms with van der Waals surface area (Å²) in [4.78, 5) is 17.7. The van der Waals surface area contributed by atoms with Crippen LogP contribution < -0.4 is 10.6 Å². The first kappa shape index (κ1) is 20.5. The number of hydrogen-bond acceptors (Lipinski definition) is 3. The fourth-order valence-corrected chi connectivity index (χ4v) is 4.52. The molecule has 1 amide bonds. The van der Waals surface area contributed by atoms with Gasteiger partial charge in [-0.1, -0.05) is 48.5 Å². The number of imidazole rings is 1. The summed E-state index contributed by atoms with van der Waals surface area (Å²) in [6.45, 7) is 1.87. The van der Waals surface area contributed by atoms with Crippen molar-refractivity contribution in [2.45, 2.75) is 38.8 Å². The summed E-state index contributed by atoms with van der Waals surface area (Å²) in [5.74, 6) is 0.903. The number of nitrogens with one attached hydrogen (secondary N) is 2. The van der Waals surface area contributed by atoms with Crippen molar-refractivity contribution in [2.75, 3.05) is 11.9 Å². The van der Waals surface area contributed by atoms with Crippen LogP contribution in [-0.2, 0) is 37.1 Å². The summed E-state index contributed by atoms with van der Waals surface area (Å²) in [6, 6.07) is 24.7. The molecule has 1 heterocycles. The molecule has 0 fully saturated rings. The first-order chi connectivity index (χ1) is 15.8. The van der Waals surface area contributed by atoms with Gasteiger partial charge in [0.2, 0.25) is 5.91 Å². The lowest BCUT2D eigenvalue weighted by Gasteiger charge is -2.11. The molecule has 1 aliphatic rings. The number of rotatable bonds is 8. The maximum atomic E-state index is 12.9. The van der Waals surface area contributed by atoms with Gasteiger partial charge in [-0.15, -0.1) is 0 Å². The van der Waals surface area contributed by atoms with E-state index >= 15 is 0 Å². The Kier molecular flexibility index (Phi) is 5.99. The van der Waals surface area contributed by atoms with Crippen LogP contribution in [0.25, 0.3) is 11.0 Å². The van der Waals surface area contributed by atoms with Gasteiger partial charge in [-0.3, -0.25) is 4.79 Å². The van der Waals surface area contributed by atoms with E-state index in [4.69, 9.17) is 4.98 Å². The van der Waals surface area contributed by atoms with Crippen molar-refractivity contribution < 1.29 is 4.79 Å². The Balaban J connectivity index is 1.27. The molecule has 5 nitrogen and oxygen atoms in total. The van der Waals surface area contributed by atoms with E-state index in [0.717, 1.165) is 54.9 Å². The molecule has 0 spiro atoms. The third-order valence-electron chi connectivity index (χ3n) is 6.11. The van der Waals surface area contributed by atoms with E-state index in [-0.39, 0.29) is 12.5 Å². The molecule has 0 radical (unpaired) electrons. The highest BCUT2D eigenvalue weighted by molar-refractivity contribution is 5.92. The van der Waals surface area contributed by atoms with Crippen molar-refractivity contribution in [3.05, 3.63) is 95.3 Å². The van der Waals surface area contributed by atoms with Crippen LogP contribution in [-0.4, -0.2) is 22.0 Å². The van der Waals surface area contributed by atoms with E-state index < -0.39 is 0 Å². The van der Waals surface area contributed by atoms with Crippen molar-refractivity contribution in [2.24, 2.45) is 0 Å². The van der Waals surface area contributed by atoms with E-state index in [2.05, 4.69) is 47.0 Å². The Bertz CT molecular complexity index is 1230. The molecular weight excluding hydrogens is 396 g/mol. The van der Waals surface area contributed by atoms with E-state index in [1.165, 1.54) is 23.1 Å². The predicted molar refractivity (Wildman–Crippen MR) is 129 cm³/mol. The number of para-hydroxylation sites is 2. The van der Waals surface area contributed by atoms with Gasteiger partial charge in [0.05, 0.1) is 11.0 Å². The van der Waals surface area contributed by atoms with E-state index in [1.807, 2.05) is 41.0 Å². The van der Waals surface area contributed by atoms with Crippen LogP contribution in [0.1, 0.15) is 28.9 Å². The van der Waals surface area contributed by atoms with Gasteiger partial charge in [0.1, 0.15) is 12.4 Å². The number of aryl methyl sites for hydroxylation is 2. The lowest BCUT2D eigenvalue weighted by molar-refractivity contribution is -0.116. The van der Waals surface area contributed by atoms with Gasteiger partial charge in [-0.05, 0) is 60.2 Å². The van der Waals surface area contributed by atoms with Gasteiger partial charge in [-0.25, -0.2) is 4.98 Å². The minimum absolute atomic E-state index is 0.0235. The second-order valence-corrected chi connectivity index (χ2v) is 8.40. The average Bonchev–Trinajstić information content (AvgIpc) is 3.42. The van der Waals surface area contributed by atoms with Gasteiger partial charge < -0.3 is 15.2 Å². The molecule has 0 atom stereocenters. The van der Waals surface area contributed by atoms with Gasteiger partial charge in [0.25, 0.3) is 0 Å². The maximum Gasteiger partial charge on any atom is 0.244 e. The molecule has 1 aromatic heterocycles. The van der Waals surface area contributed by atoms with Crippen LogP contribution >= 0.6 is 0 Å². The average molecular weight is 425 g/mol. The summed E-state index contributed by atoms with van der Waals surface area (Å²) < 4.78 is 2.04. The largest absolute Gasteiger partial charge is 0.325 e. The smallest absolute Gasteiger partial charge is 0.244 e. The second kappa shape index (κ2) is 9.37. The molecule has 5 rings (SSSR count). The van der Waals surface area contributed by atoms with Crippen LogP contribution in [0.5, 0.6) is 0 Å². The van der Waals surface area contributed by atoms with Gasteiger partial charge in [-0.2, -0.15) is 0 Å². The summed E-state index contributed by atoms with van der Waals surface area (Å²) >= 11 is 0. The van der Waals surface area contributed by atoms with E-state index in [1.54, 1.807) is 0 Å². The first-order valence-electron chi connectivity index (χ1n) is 11.4. The molecule has 0 unspecified atom stereocenters. The monoisotopic (exact) mass is 424 g/mol. The maximum absolute atomic E-state index is 12.9. The number of benzene rings is 3. The molecule has 0 saturated carbocycles. The van der Waals surface area contributed by atoms with Crippen molar-refractivity contribution in [3.63, 3.8) is 0 Å². The molecule has 0 aliphatic heterocycles. The molecule has 4 aromatic rings. The molecule has 0 saturated heterocycles. The molecule has 162 valence electrons. The van der Waals surface area contributed by atoms with Crippen molar-refractivity contribution in [3.8, 4) is 0 Å². The summed E-state index contributed by atoms with van der Waals surface area (Å²) in [7, 11) is 0. The molecule has 1 aliphatic carbocycles. The van der Waals surface area contributed by atoms with Crippen LogP contribution in [0.15, 0.2) is 72.8 Å². The summed E-state index contributed by atoms with van der Waals surface area (Å²) in [5.41, 5.74) is 6.83. The van der Waals surface area contributed by atoms with Gasteiger partial charge in [0.15, 0.2) is 0 Å². The van der Waals surface area contributed by atoms with E-state index in [9.17, 15) is 4.79 Å². The fraction of sp³-hybridized carbons (Fsp3) is 0.259. The van der Waals surface area contributed by atoms with E-state index in [0.29, 0.717) is 0 Å². The van der Waals surface area contributed by atoms with Crippen LogP contribution in [0.4, 0.5) is 5.69 Å². The number of nitrogens with zero attached hydrogens (tertiary/aromatic N) is 2. The molecule has 32 heavy (non-hydrogen) atoms. The highest BCUT2D eigenvalue weighted by Crippen LogP contribution is 2.25. The quantitative estimate of drug-likeness (QED) is 0.410. The minimum atomic E-state index is -0.0235. The van der Waals surface area contributed by atoms with Gasteiger partial charge in [0, 0.05) is 25.2 Å². The zero-order chi connectivity index (χ0) is 21.8. The predicted octanol–water partition coefficient (Wildman–Crippen LogP) is 4.50. The Morgan fingerprint density at radius 3 is 2.66 bits per heavy atom. The number of hydrogen-bond donors (Lipinski definition) is 2. The number of aromatic nitrogens is 2. The third-order valence-corrected chi connectivity index (χ3v) is 6.11. The highest BCUT2D eigenvalue weighted by Gasteiger charge is 2.15. The molecule has 5 heteroatoms. The molecular formula is C27H28N4O. The molecule has 0 bridgehead atoms. The van der Waals surface area contributed by atoms with Crippen LogP contribution in [0.3, 0.4) is 0 Å². The van der Waals surface area contributed by atoms with Crippen molar-refractivity contribution >= 4 is 22.6 Å². The number of fused-ring (bicyclic) bond motifs is 2. The third kappa shape index (κ3) is 4.58. The topological polar surface area (TPSA) is 59.0 Å². The molecule has 3 aromatic carbocycles. The SMILES string of the molecule is O=C(Cn1c(CCNCc2ccccc2)nc2ccccc21)Nc1ccc2c(c1)CCC2. The Labute approximate surface area is 188 Å². The zero-order valence-electron chi connectivity index (χ0n) is 18.2. The second-order valence-electron chi connectivity index (χ2n) is 8.40. The van der Waals surface area contributed by atoms with Gasteiger partial charge >= 0.3 is 0 Å². The number of amides is 1. The lowest BCUT2D eigenvalue weighted by Crippen LogP contribution is -2.22. The normalized spacial score (nSPS) is 12.8. The zero-order valence-corrected chi connectivity index (χ0v) is 18.2. The minimum Gasteiger partial charge on any atom is -0.325 e. The van der Waals surface area contributed by atoms with Crippen LogP contribution in [0, 0.1) is 0 Å². The Morgan fingerprint density at radius 1 is 0.938 bits per heavy atom. The standard InChI is InChI=1S/C27H28N4O/c32-27(29-23-14-13-21-9-6-10-22(21)17-23)19-31-25-12-5-4-11-24(25)30-26(31)15-16-28-18-20-7-2-1-3-8-20/h1-5,7-8,11-14,17,28H,6,9-10,15-16,18-19H2,(H,29,32). The Morgan fingerprint density at radius 2 is 1.75 bits per heavy atom.